The molecule has 4 nitrogen and oxygen atoms in total. The van der Waals surface area contributed by atoms with E-state index in [0.717, 1.165) is 58.8 Å². The summed E-state index contributed by atoms with van der Waals surface area (Å²) in [6.07, 6.45) is 8.49. The monoisotopic (exact) mass is 455 g/mol. The van der Waals surface area contributed by atoms with Crippen molar-refractivity contribution >= 4 is 32.8 Å². The van der Waals surface area contributed by atoms with Crippen LogP contribution < -0.4 is 4.74 Å². The van der Waals surface area contributed by atoms with Gasteiger partial charge in [-0.05, 0) is 96.1 Å². The number of aromatic nitrogens is 1. The van der Waals surface area contributed by atoms with Crippen LogP contribution in [-0.2, 0) is 19.3 Å². The van der Waals surface area contributed by atoms with Crippen molar-refractivity contribution in [1.82, 2.24) is 4.98 Å². The van der Waals surface area contributed by atoms with Crippen molar-refractivity contribution in [1.29, 1.82) is 0 Å². The molecule has 2 aromatic carbocycles. The summed E-state index contributed by atoms with van der Waals surface area (Å²) in [5.74, 6) is 0.150. The molecule has 0 fully saturated rings. The first-order chi connectivity index (χ1) is 14.1. The quantitative estimate of drug-likeness (QED) is 0.391. The van der Waals surface area contributed by atoms with Gasteiger partial charge >= 0.3 is 5.97 Å². The van der Waals surface area contributed by atoms with E-state index in [0.29, 0.717) is 12.3 Å². The molecule has 0 atom stereocenters. The molecule has 4 rings (SSSR count). The average molecular weight is 456 g/mol. The van der Waals surface area contributed by atoms with Gasteiger partial charge in [0, 0.05) is 9.86 Å². The Balaban J connectivity index is 1.32. The second-order valence-corrected chi connectivity index (χ2v) is 8.56. The molecule has 1 aliphatic carbocycles. The summed E-state index contributed by atoms with van der Waals surface area (Å²) in [5.41, 5.74) is 4.90. The number of rotatable bonds is 8. The van der Waals surface area contributed by atoms with Gasteiger partial charge in [-0.1, -0.05) is 24.3 Å². The van der Waals surface area contributed by atoms with Gasteiger partial charge in [0.2, 0.25) is 0 Å². The zero-order valence-corrected chi connectivity index (χ0v) is 18.1. The fourth-order valence-corrected chi connectivity index (χ4v) is 4.79. The molecule has 1 aliphatic rings. The standard InChI is InChI=1S/C24H26BrNO3/c25-20-13-7-12-18-19(23(24(27)28)26-22(18)20)11-2-1-5-15-29-21-14-6-9-16-8-3-4-10-17(16)21/h6-7,9,12-14,26H,1-5,8,10-11,15H2,(H,27,28). The van der Waals surface area contributed by atoms with Crippen LogP contribution in [0.1, 0.15) is 59.3 Å². The highest BCUT2D eigenvalue weighted by Gasteiger charge is 2.18. The van der Waals surface area contributed by atoms with Gasteiger partial charge in [0.15, 0.2) is 0 Å². The Bertz CT molecular complexity index is 1020. The number of benzene rings is 2. The molecule has 0 spiro atoms. The minimum atomic E-state index is -0.903. The number of halogens is 1. The number of hydrogen-bond acceptors (Lipinski definition) is 2. The van der Waals surface area contributed by atoms with Crippen LogP contribution in [0, 0.1) is 0 Å². The average Bonchev–Trinajstić information content (AvgIpc) is 3.11. The van der Waals surface area contributed by atoms with E-state index in [-0.39, 0.29) is 0 Å². The number of aromatic amines is 1. The van der Waals surface area contributed by atoms with E-state index in [9.17, 15) is 9.90 Å². The maximum absolute atomic E-state index is 11.6. The van der Waals surface area contributed by atoms with Crippen LogP contribution in [0.15, 0.2) is 40.9 Å². The first-order valence-corrected chi connectivity index (χ1v) is 11.2. The Morgan fingerprint density at radius 3 is 2.76 bits per heavy atom. The number of carboxylic acids is 1. The van der Waals surface area contributed by atoms with Gasteiger partial charge < -0.3 is 14.8 Å². The fourth-order valence-electron chi connectivity index (χ4n) is 4.32. The van der Waals surface area contributed by atoms with Crippen LogP contribution in [0.25, 0.3) is 10.9 Å². The molecule has 1 heterocycles. The molecule has 0 saturated carbocycles. The van der Waals surface area contributed by atoms with E-state index in [4.69, 9.17) is 4.74 Å². The Morgan fingerprint density at radius 1 is 1.07 bits per heavy atom. The van der Waals surface area contributed by atoms with E-state index < -0.39 is 5.97 Å². The largest absolute Gasteiger partial charge is 0.493 e. The molecule has 0 unspecified atom stereocenters. The van der Waals surface area contributed by atoms with Crippen molar-refractivity contribution in [2.24, 2.45) is 0 Å². The predicted octanol–water partition coefficient (Wildman–Crippen LogP) is 6.30. The highest BCUT2D eigenvalue weighted by molar-refractivity contribution is 9.10. The van der Waals surface area contributed by atoms with Crippen molar-refractivity contribution < 1.29 is 14.6 Å². The third-order valence-electron chi connectivity index (χ3n) is 5.79. The zero-order valence-electron chi connectivity index (χ0n) is 16.5. The lowest BCUT2D eigenvalue weighted by molar-refractivity contribution is 0.0690. The lowest BCUT2D eigenvalue weighted by atomic mass is 9.91. The highest BCUT2D eigenvalue weighted by atomic mass is 79.9. The van der Waals surface area contributed by atoms with Crippen molar-refractivity contribution in [3.8, 4) is 5.75 Å². The maximum atomic E-state index is 11.6. The van der Waals surface area contributed by atoms with Crippen LogP contribution in [0.2, 0.25) is 0 Å². The van der Waals surface area contributed by atoms with Crippen molar-refractivity contribution in [3.63, 3.8) is 0 Å². The Labute approximate surface area is 179 Å². The summed E-state index contributed by atoms with van der Waals surface area (Å²) in [5, 5.41) is 10.5. The topological polar surface area (TPSA) is 62.3 Å². The van der Waals surface area contributed by atoms with Gasteiger partial charge in [0.1, 0.15) is 11.4 Å². The molecule has 1 aromatic heterocycles. The van der Waals surface area contributed by atoms with E-state index in [1.54, 1.807) is 0 Å². The van der Waals surface area contributed by atoms with E-state index >= 15 is 0 Å². The number of nitrogens with one attached hydrogen (secondary N) is 1. The maximum Gasteiger partial charge on any atom is 0.352 e. The van der Waals surface area contributed by atoms with E-state index in [2.05, 4.69) is 39.1 Å². The normalized spacial score (nSPS) is 13.4. The fraction of sp³-hybridized carbons (Fsp3) is 0.375. The van der Waals surface area contributed by atoms with Crippen LogP contribution in [-0.4, -0.2) is 22.7 Å². The van der Waals surface area contributed by atoms with Gasteiger partial charge in [0.05, 0.1) is 12.1 Å². The number of carboxylic acid groups (broad SMARTS) is 1. The number of aryl methyl sites for hydroxylation is 2. The molecule has 5 heteroatoms. The van der Waals surface area contributed by atoms with Gasteiger partial charge in [-0.15, -0.1) is 0 Å². The summed E-state index contributed by atoms with van der Waals surface area (Å²) < 4.78 is 6.98. The van der Waals surface area contributed by atoms with Crippen LogP contribution in [0.4, 0.5) is 0 Å². The summed E-state index contributed by atoms with van der Waals surface area (Å²) in [6.45, 7) is 0.710. The van der Waals surface area contributed by atoms with Gasteiger partial charge in [0.25, 0.3) is 0 Å². The second-order valence-electron chi connectivity index (χ2n) is 7.71. The third kappa shape index (κ3) is 4.35. The third-order valence-corrected chi connectivity index (χ3v) is 6.45. The molecule has 0 amide bonds. The molecule has 152 valence electrons. The Kier molecular flexibility index (Phi) is 6.24. The minimum Gasteiger partial charge on any atom is -0.493 e. The minimum absolute atomic E-state index is 0.305. The van der Waals surface area contributed by atoms with E-state index in [1.165, 1.54) is 30.4 Å². The lowest BCUT2D eigenvalue weighted by Crippen LogP contribution is -2.07. The summed E-state index contributed by atoms with van der Waals surface area (Å²) in [7, 11) is 0. The van der Waals surface area contributed by atoms with Crippen LogP contribution in [0.5, 0.6) is 5.75 Å². The Hall–Kier alpha value is -2.27. The van der Waals surface area contributed by atoms with Gasteiger partial charge in [-0.2, -0.15) is 0 Å². The molecule has 29 heavy (non-hydrogen) atoms. The van der Waals surface area contributed by atoms with E-state index in [1.807, 2.05) is 18.2 Å². The molecule has 0 saturated heterocycles. The van der Waals surface area contributed by atoms with Crippen molar-refractivity contribution in [3.05, 3.63) is 63.3 Å². The SMILES string of the molecule is O=C(O)c1[nH]c2c(Br)cccc2c1CCCCCOc1cccc2c1CCCC2. The molecule has 0 aliphatic heterocycles. The summed E-state index contributed by atoms with van der Waals surface area (Å²) >= 11 is 3.50. The molecule has 3 aromatic rings. The summed E-state index contributed by atoms with van der Waals surface area (Å²) in [4.78, 5) is 14.7. The molecule has 0 radical (unpaired) electrons. The van der Waals surface area contributed by atoms with Crippen LogP contribution in [0.3, 0.4) is 0 Å². The molecular formula is C24H26BrNO3. The number of carbonyl (C=O) groups is 1. The smallest absolute Gasteiger partial charge is 0.352 e. The first-order valence-electron chi connectivity index (χ1n) is 10.4. The predicted molar refractivity (Wildman–Crippen MR) is 119 cm³/mol. The van der Waals surface area contributed by atoms with Crippen molar-refractivity contribution in [2.45, 2.75) is 51.4 Å². The number of para-hydroxylation sites is 1. The number of fused-ring (bicyclic) bond motifs is 2. The lowest BCUT2D eigenvalue weighted by Gasteiger charge is -2.19. The zero-order chi connectivity index (χ0) is 20.2. The highest BCUT2D eigenvalue weighted by Crippen LogP contribution is 2.31. The Morgan fingerprint density at radius 2 is 1.90 bits per heavy atom. The number of H-pyrrole nitrogens is 1. The molecule has 2 N–H and O–H groups in total. The molecular weight excluding hydrogens is 430 g/mol. The number of unbranched alkanes of at least 4 members (excludes halogenated alkanes) is 2. The molecule has 0 bridgehead atoms. The first kappa shape index (κ1) is 20.0. The second kappa shape index (κ2) is 9.04. The van der Waals surface area contributed by atoms with Crippen LogP contribution >= 0.6 is 15.9 Å². The van der Waals surface area contributed by atoms with Crippen molar-refractivity contribution in [2.75, 3.05) is 6.61 Å². The number of ether oxygens (including phenoxy) is 1. The summed E-state index contributed by atoms with van der Waals surface area (Å²) in [6, 6.07) is 12.3. The van der Waals surface area contributed by atoms with Gasteiger partial charge in [-0.3, -0.25) is 0 Å². The number of aromatic carboxylic acids is 1. The van der Waals surface area contributed by atoms with Gasteiger partial charge in [-0.25, -0.2) is 4.79 Å². The number of hydrogen-bond donors (Lipinski definition) is 2.